The first-order valence-electron chi connectivity index (χ1n) is 4.79. The minimum Gasteiger partial charge on any atom is -0.314 e. The zero-order valence-electron chi connectivity index (χ0n) is 9.01. The number of rotatable bonds is 2. The van der Waals surface area contributed by atoms with E-state index in [0.29, 0.717) is 0 Å². The molecular formula is C11H15ClF2O. The predicted octanol–water partition coefficient (Wildman–Crippen LogP) is 3.74. The zero-order valence-corrected chi connectivity index (χ0v) is 9.76. The average molecular weight is 237 g/mol. The molecule has 0 N–H and O–H groups in total. The molecule has 0 amide bonds. The van der Waals surface area contributed by atoms with Crippen molar-refractivity contribution in [1.82, 2.24) is 0 Å². The maximum absolute atomic E-state index is 12.0. The minimum absolute atomic E-state index is 0.0283. The van der Waals surface area contributed by atoms with E-state index in [1.54, 1.807) is 18.2 Å². The maximum Gasteiger partial charge on any atom is 0.345 e. The van der Waals surface area contributed by atoms with Gasteiger partial charge in [-0.1, -0.05) is 39.0 Å². The summed E-state index contributed by atoms with van der Waals surface area (Å²) in [6, 6.07) is 0. The average Bonchev–Trinajstić information content (AvgIpc) is 2.05. The third-order valence-electron chi connectivity index (χ3n) is 2.24. The standard InChI is InChI=1S/C11H15ClF2O/c1-11(2,3)7-4-5-9(8(12)6-7)15-10(13)14/h4-6,8-10H,1-3H3. The molecule has 0 fully saturated rings. The third kappa shape index (κ3) is 3.58. The Kier molecular flexibility index (Phi) is 3.90. The molecule has 0 bridgehead atoms. The highest BCUT2D eigenvalue weighted by atomic mass is 35.5. The lowest BCUT2D eigenvalue weighted by molar-refractivity contribution is -0.148. The van der Waals surface area contributed by atoms with Crippen molar-refractivity contribution < 1.29 is 13.5 Å². The fourth-order valence-corrected chi connectivity index (χ4v) is 1.64. The Morgan fingerprint density at radius 1 is 1.40 bits per heavy atom. The molecule has 0 heterocycles. The second-order valence-corrected chi connectivity index (χ2v) is 5.04. The molecule has 1 rings (SSSR count). The number of allylic oxidation sites excluding steroid dienone is 2. The Morgan fingerprint density at radius 2 is 2.00 bits per heavy atom. The summed E-state index contributed by atoms with van der Waals surface area (Å²) in [6.07, 6.45) is 4.42. The molecule has 0 aromatic heterocycles. The van der Waals surface area contributed by atoms with Gasteiger partial charge in [0.2, 0.25) is 0 Å². The molecular weight excluding hydrogens is 222 g/mol. The van der Waals surface area contributed by atoms with Crippen molar-refractivity contribution in [3.8, 4) is 0 Å². The molecule has 0 aromatic carbocycles. The van der Waals surface area contributed by atoms with Gasteiger partial charge in [0.1, 0.15) is 6.10 Å². The summed E-state index contributed by atoms with van der Waals surface area (Å²) in [5.41, 5.74) is 1.01. The Bertz CT molecular complexity index is 279. The van der Waals surface area contributed by atoms with Gasteiger partial charge in [0.15, 0.2) is 0 Å². The van der Waals surface area contributed by atoms with Gasteiger partial charge in [0.05, 0.1) is 5.38 Å². The quantitative estimate of drug-likeness (QED) is 0.664. The minimum atomic E-state index is -2.79. The van der Waals surface area contributed by atoms with Crippen LogP contribution in [0.15, 0.2) is 23.8 Å². The van der Waals surface area contributed by atoms with E-state index in [9.17, 15) is 8.78 Å². The molecule has 0 saturated carbocycles. The Morgan fingerprint density at radius 3 is 2.40 bits per heavy atom. The summed E-state index contributed by atoms with van der Waals surface area (Å²) >= 11 is 5.94. The fourth-order valence-electron chi connectivity index (χ4n) is 1.37. The predicted molar refractivity (Wildman–Crippen MR) is 57.2 cm³/mol. The van der Waals surface area contributed by atoms with E-state index in [1.165, 1.54) is 0 Å². The van der Waals surface area contributed by atoms with E-state index < -0.39 is 18.1 Å². The lowest BCUT2D eigenvalue weighted by Gasteiger charge is -2.27. The highest BCUT2D eigenvalue weighted by molar-refractivity contribution is 6.22. The molecule has 0 aromatic rings. The van der Waals surface area contributed by atoms with Gasteiger partial charge in [-0.05, 0) is 11.0 Å². The van der Waals surface area contributed by atoms with Crippen molar-refractivity contribution in [2.45, 2.75) is 38.9 Å². The first-order valence-corrected chi connectivity index (χ1v) is 5.22. The highest BCUT2D eigenvalue weighted by Crippen LogP contribution is 2.31. The van der Waals surface area contributed by atoms with Crippen LogP contribution in [-0.2, 0) is 4.74 Å². The smallest absolute Gasteiger partial charge is 0.314 e. The molecule has 2 atom stereocenters. The Balaban J connectivity index is 2.71. The first-order chi connectivity index (χ1) is 6.80. The van der Waals surface area contributed by atoms with Crippen molar-refractivity contribution in [2.24, 2.45) is 5.41 Å². The van der Waals surface area contributed by atoms with Crippen molar-refractivity contribution in [2.75, 3.05) is 0 Å². The fraction of sp³-hybridized carbons (Fsp3) is 0.636. The van der Waals surface area contributed by atoms with Crippen LogP contribution in [0.5, 0.6) is 0 Å². The summed E-state index contributed by atoms with van der Waals surface area (Å²) in [5.74, 6) is 0. The first kappa shape index (κ1) is 12.7. The molecule has 0 saturated heterocycles. The summed E-state index contributed by atoms with van der Waals surface area (Å²) in [7, 11) is 0. The van der Waals surface area contributed by atoms with E-state index in [2.05, 4.69) is 4.74 Å². The third-order valence-corrected chi connectivity index (χ3v) is 2.62. The van der Waals surface area contributed by atoms with E-state index in [-0.39, 0.29) is 5.41 Å². The van der Waals surface area contributed by atoms with Crippen LogP contribution in [0.1, 0.15) is 20.8 Å². The number of halogens is 3. The van der Waals surface area contributed by atoms with Gasteiger partial charge in [-0.2, -0.15) is 8.78 Å². The molecule has 1 aliphatic carbocycles. The van der Waals surface area contributed by atoms with Crippen LogP contribution in [0.3, 0.4) is 0 Å². The van der Waals surface area contributed by atoms with Gasteiger partial charge in [0, 0.05) is 0 Å². The number of hydrogen-bond donors (Lipinski definition) is 0. The molecule has 0 aliphatic heterocycles. The van der Waals surface area contributed by atoms with Gasteiger partial charge < -0.3 is 4.74 Å². The van der Waals surface area contributed by atoms with Crippen LogP contribution in [0.25, 0.3) is 0 Å². The second-order valence-electron chi connectivity index (χ2n) is 4.54. The van der Waals surface area contributed by atoms with Gasteiger partial charge >= 0.3 is 6.61 Å². The van der Waals surface area contributed by atoms with Crippen molar-refractivity contribution >= 4 is 11.6 Å². The zero-order chi connectivity index (χ0) is 11.6. The summed E-state index contributed by atoms with van der Waals surface area (Å²) in [6.45, 7) is 3.34. The number of ether oxygens (including phenoxy) is 1. The normalized spacial score (nSPS) is 27.0. The van der Waals surface area contributed by atoms with E-state index in [1.807, 2.05) is 20.8 Å². The molecule has 1 aliphatic rings. The summed E-state index contributed by atoms with van der Waals surface area (Å²) < 4.78 is 28.3. The van der Waals surface area contributed by atoms with Gasteiger partial charge in [0.25, 0.3) is 0 Å². The number of hydrogen-bond acceptors (Lipinski definition) is 1. The van der Waals surface area contributed by atoms with Crippen LogP contribution < -0.4 is 0 Å². The van der Waals surface area contributed by atoms with Crippen LogP contribution in [0, 0.1) is 5.41 Å². The van der Waals surface area contributed by atoms with Gasteiger partial charge in [-0.15, -0.1) is 11.6 Å². The van der Waals surface area contributed by atoms with Gasteiger partial charge in [-0.25, -0.2) is 0 Å². The van der Waals surface area contributed by atoms with Crippen LogP contribution in [0.2, 0.25) is 0 Å². The van der Waals surface area contributed by atoms with Crippen LogP contribution in [0.4, 0.5) is 8.78 Å². The second kappa shape index (κ2) is 4.62. The van der Waals surface area contributed by atoms with Crippen molar-refractivity contribution in [3.63, 3.8) is 0 Å². The van der Waals surface area contributed by atoms with Crippen LogP contribution in [-0.4, -0.2) is 18.1 Å². The van der Waals surface area contributed by atoms with Gasteiger partial charge in [-0.3, -0.25) is 0 Å². The van der Waals surface area contributed by atoms with Crippen molar-refractivity contribution in [1.29, 1.82) is 0 Å². The molecule has 15 heavy (non-hydrogen) atoms. The topological polar surface area (TPSA) is 9.23 Å². The van der Waals surface area contributed by atoms with E-state index in [4.69, 9.17) is 11.6 Å². The molecule has 0 spiro atoms. The largest absolute Gasteiger partial charge is 0.345 e. The lowest BCUT2D eigenvalue weighted by Crippen LogP contribution is -2.27. The lowest BCUT2D eigenvalue weighted by atomic mass is 9.83. The van der Waals surface area contributed by atoms with E-state index in [0.717, 1.165) is 5.57 Å². The monoisotopic (exact) mass is 236 g/mol. The summed E-state index contributed by atoms with van der Waals surface area (Å²) in [4.78, 5) is 0. The number of alkyl halides is 3. The van der Waals surface area contributed by atoms with Crippen molar-refractivity contribution in [3.05, 3.63) is 23.8 Å². The van der Waals surface area contributed by atoms with Crippen LogP contribution >= 0.6 is 11.6 Å². The Labute approximate surface area is 93.8 Å². The molecule has 86 valence electrons. The molecule has 1 nitrogen and oxygen atoms in total. The SMILES string of the molecule is CC(C)(C)C1=CC(Cl)C(OC(F)F)C=C1. The molecule has 0 radical (unpaired) electrons. The van der Waals surface area contributed by atoms with E-state index >= 15 is 0 Å². The Hall–Kier alpha value is -0.410. The summed E-state index contributed by atoms with van der Waals surface area (Å²) in [5, 5.41) is -0.529. The highest BCUT2D eigenvalue weighted by Gasteiger charge is 2.26. The molecule has 4 heteroatoms. The maximum atomic E-state index is 12.0. The molecule has 2 unspecified atom stereocenters.